The van der Waals surface area contributed by atoms with Gasteiger partial charge in [-0.25, -0.2) is 0 Å². The molecule has 2 unspecified atom stereocenters. The van der Waals surface area contributed by atoms with Crippen LogP contribution in [0.3, 0.4) is 0 Å². The van der Waals surface area contributed by atoms with Crippen molar-refractivity contribution in [3.05, 3.63) is 11.9 Å². The fraction of sp³-hybridized carbons (Fsp3) is 0.500. The number of nitrogens with zero attached hydrogens (tertiary/aromatic N) is 1. The molecule has 0 radical (unpaired) electrons. The Labute approximate surface area is 63.8 Å². The molecule has 0 aliphatic carbocycles. The normalized spacial score (nSPS) is 36.7. The second-order valence-corrected chi connectivity index (χ2v) is 3.56. The first-order valence-electron chi connectivity index (χ1n) is 3.23. The Morgan fingerprint density at radius 3 is 3.60 bits per heavy atom. The zero-order chi connectivity index (χ0) is 6.97. The number of nitrogens with two attached hydrogens (primary N) is 1. The lowest BCUT2D eigenvalue weighted by Gasteiger charge is -2.25. The lowest BCUT2D eigenvalue weighted by molar-refractivity contribution is 0.687. The molecule has 1 fully saturated rings. The standard InChI is InChI=1S/C6H9N3S/c7-6-9-5-2-8-1-4(5)3-10-6/h1-2,4,6,9H,3,7H2. The van der Waals surface area contributed by atoms with Gasteiger partial charge in [-0.15, -0.1) is 11.8 Å². The summed E-state index contributed by atoms with van der Waals surface area (Å²) >= 11 is 1.73. The van der Waals surface area contributed by atoms with Crippen LogP contribution in [0.5, 0.6) is 0 Å². The van der Waals surface area contributed by atoms with Crippen molar-refractivity contribution >= 4 is 18.0 Å². The Morgan fingerprint density at radius 2 is 2.70 bits per heavy atom. The van der Waals surface area contributed by atoms with Gasteiger partial charge in [0.25, 0.3) is 0 Å². The Bertz CT molecular complexity index is 199. The smallest absolute Gasteiger partial charge is 0.123 e. The molecule has 0 spiro atoms. The average Bonchev–Trinajstić information content (AvgIpc) is 2.33. The summed E-state index contributed by atoms with van der Waals surface area (Å²) < 4.78 is 0. The SMILES string of the molecule is NC1NC2=CN=CC2CS1. The summed E-state index contributed by atoms with van der Waals surface area (Å²) in [5.74, 6) is 1.55. The van der Waals surface area contributed by atoms with Gasteiger partial charge in [-0.3, -0.25) is 4.99 Å². The van der Waals surface area contributed by atoms with Crippen LogP contribution < -0.4 is 11.1 Å². The molecule has 4 heteroatoms. The number of hydrogen-bond acceptors (Lipinski definition) is 4. The Balaban J connectivity index is 2.12. The van der Waals surface area contributed by atoms with Crippen molar-refractivity contribution in [1.82, 2.24) is 5.32 Å². The molecule has 0 aromatic heterocycles. The van der Waals surface area contributed by atoms with E-state index in [1.807, 2.05) is 12.4 Å². The van der Waals surface area contributed by atoms with Gasteiger partial charge >= 0.3 is 0 Å². The summed E-state index contributed by atoms with van der Waals surface area (Å²) in [5.41, 5.74) is 6.88. The van der Waals surface area contributed by atoms with Crippen molar-refractivity contribution in [3.8, 4) is 0 Å². The van der Waals surface area contributed by atoms with Crippen LogP contribution >= 0.6 is 11.8 Å². The van der Waals surface area contributed by atoms with E-state index in [1.165, 1.54) is 5.70 Å². The zero-order valence-corrected chi connectivity index (χ0v) is 6.27. The molecule has 0 saturated carbocycles. The van der Waals surface area contributed by atoms with Crippen LogP contribution in [-0.4, -0.2) is 17.5 Å². The van der Waals surface area contributed by atoms with Gasteiger partial charge in [-0.2, -0.15) is 0 Å². The molecule has 2 heterocycles. The van der Waals surface area contributed by atoms with E-state index in [0.29, 0.717) is 5.92 Å². The Kier molecular flexibility index (Phi) is 1.43. The van der Waals surface area contributed by atoms with Crippen LogP contribution in [0.15, 0.2) is 16.9 Å². The first-order valence-corrected chi connectivity index (χ1v) is 4.28. The van der Waals surface area contributed by atoms with E-state index in [4.69, 9.17) is 5.73 Å². The number of nitrogens with one attached hydrogen (secondary N) is 1. The fourth-order valence-electron chi connectivity index (χ4n) is 1.09. The second-order valence-electron chi connectivity index (χ2n) is 2.39. The van der Waals surface area contributed by atoms with Gasteiger partial charge in [0, 0.05) is 29.8 Å². The molecule has 0 aromatic carbocycles. The van der Waals surface area contributed by atoms with E-state index in [2.05, 4.69) is 10.3 Å². The molecule has 2 atom stereocenters. The monoisotopic (exact) mass is 155 g/mol. The van der Waals surface area contributed by atoms with Crippen LogP contribution in [0.25, 0.3) is 0 Å². The van der Waals surface area contributed by atoms with E-state index < -0.39 is 0 Å². The van der Waals surface area contributed by atoms with Crippen LogP contribution in [0, 0.1) is 5.92 Å². The van der Waals surface area contributed by atoms with Gasteiger partial charge in [-0.1, -0.05) is 0 Å². The van der Waals surface area contributed by atoms with Crippen molar-refractivity contribution in [2.45, 2.75) is 5.50 Å². The van der Waals surface area contributed by atoms with E-state index in [9.17, 15) is 0 Å². The lowest BCUT2D eigenvalue weighted by Crippen LogP contribution is -2.40. The number of hydrogen-bond donors (Lipinski definition) is 2. The van der Waals surface area contributed by atoms with Crippen LogP contribution in [0.4, 0.5) is 0 Å². The second kappa shape index (κ2) is 2.29. The predicted molar refractivity (Wildman–Crippen MR) is 43.6 cm³/mol. The summed E-state index contributed by atoms with van der Waals surface area (Å²) in [6, 6.07) is 0. The van der Waals surface area contributed by atoms with Crippen molar-refractivity contribution in [3.63, 3.8) is 0 Å². The average molecular weight is 155 g/mol. The molecule has 0 aromatic rings. The number of aliphatic imine (C=N–C) groups is 1. The molecule has 54 valence electrons. The molecule has 10 heavy (non-hydrogen) atoms. The molecule has 2 aliphatic heterocycles. The van der Waals surface area contributed by atoms with Crippen LogP contribution in [0.2, 0.25) is 0 Å². The molecule has 1 saturated heterocycles. The molecular formula is C6H9N3S. The van der Waals surface area contributed by atoms with Gasteiger partial charge in [-0.05, 0) is 0 Å². The minimum atomic E-state index is 0.0594. The van der Waals surface area contributed by atoms with Crippen molar-refractivity contribution in [1.29, 1.82) is 0 Å². The molecule has 3 N–H and O–H groups in total. The van der Waals surface area contributed by atoms with Gasteiger partial charge in [0.05, 0.1) is 0 Å². The molecule has 2 rings (SSSR count). The van der Waals surface area contributed by atoms with Gasteiger partial charge in [0.1, 0.15) is 5.50 Å². The third kappa shape index (κ3) is 0.932. The first kappa shape index (κ1) is 6.24. The molecule has 2 aliphatic rings. The van der Waals surface area contributed by atoms with Gasteiger partial charge < -0.3 is 11.1 Å². The molecular weight excluding hydrogens is 146 g/mol. The van der Waals surface area contributed by atoms with Crippen LogP contribution in [0.1, 0.15) is 0 Å². The highest BCUT2D eigenvalue weighted by atomic mass is 32.2. The largest absolute Gasteiger partial charge is 0.363 e. The predicted octanol–water partition coefficient (Wildman–Crippen LogP) is 0.107. The van der Waals surface area contributed by atoms with Crippen molar-refractivity contribution in [2.75, 3.05) is 5.75 Å². The van der Waals surface area contributed by atoms with Gasteiger partial charge in [0.2, 0.25) is 0 Å². The summed E-state index contributed by atoms with van der Waals surface area (Å²) in [6.07, 6.45) is 3.81. The topological polar surface area (TPSA) is 50.4 Å². The Morgan fingerprint density at radius 1 is 1.80 bits per heavy atom. The molecule has 0 bridgehead atoms. The van der Waals surface area contributed by atoms with Crippen molar-refractivity contribution in [2.24, 2.45) is 16.6 Å². The minimum absolute atomic E-state index is 0.0594. The maximum absolute atomic E-state index is 5.65. The maximum atomic E-state index is 5.65. The maximum Gasteiger partial charge on any atom is 0.123 e. The van der Waals surface area contributed by atoms with Gasteiger partial charge in [0.15, 0.2) is 0 Å². The fourth-order valence-corrected chi connectivity index (χ4v) is 1.99. The van der Waals surface area contributed by atoms with E-state index in [0.717, 1.165) is 5.75 Å². The summed E-state index contributed by atoms with van der Waals surface area (Å²) in [5, 5.41) is 3.16. The molecule has 3 nitrogen and oxygen atoms in total. The lowest BCUT2D eigenvalue weighted by atomic mass is 10.1. The first-order chi connectivity index (χ1) is 4.86. The number of allylic oxidation sites excluding steroid dienone is 1. The zero-order valence-electron chi connectivity index (χ0n) is 5.45. The third-order valence-corrected chi connectivity index (χ3v) is 2.67. The summed E-state index contributed by atoms with van der Waals surface area (Å²) in [7, 11) is 0. The number of thioether (sulfide) groups is 1. The minimum Gasteiger partial charge on any atom is -0.363 e. The highest BCUT2D eigenvalue weighted by Crippen LogP contribution is 2.24. The van der Waals surface area contributed by atoms with Crippen LogP contribution in [-0.2, 0) is 0 Å². The Hall–Kier alpha value is -0.480. The number of fused-ring (bicyclic) bond motifs is 1. The highest BCUT2D eigenvalue weighted by Gasteiger charge is 2.23. The van der Waals surface area contributed by atoms with E-state index in [-0.39, 0.29) is 5.50 Å². The van der Waals surface area contributed by atoms with E-state index in [1.54, 1.807) is 11.8 Å². The quantitative estimate of drug-likeness (QED) is 0.522. The highest BCUT2D eigenvalue weighted by molar-refractivity contribution is 7.99. The number of rotatable bonds is 0. The van der Waals surface area contributed by atoms with E-state index >= 15 is 0 Å². The summed E-state index contributed by atoms with van der Waals surface area (Å²) in [4.78, 5) is 4.04. The summed E-state index contributed by atoms with van der Waals surface area (Å²) in [6.45, 7) is 0. The van der Waals surface area contributed by atoms with Crippen molar-refractivity contribution < 1.29 is 0 Å². The third-order valence-electron chi connectivity index (χ3n) is 1.64. The molecule has 0 amide bonds.